The minimum atomic E-state index is -4.17. The van der Waals surface area contributed by atoms with Gasteiger partial charge in [-0.25, -0.2) is 30.7 Å². The zero-order valence-corrected chi connectivity index (χ0v) is 16.5. The molecule has 0 unspecified atom stereocenters. The lowest BCUT2D eigenvalue weighted by atomic mass is 10.1. The highest BCUT2D eigenvalue weighted by Crippen LogP contribution is 2.33. The molecule has 0 radical (unpaired) electrons. The molecule has 11 heteroatoms. The van der Waals surface area contributed by atoms with E-state index in [1.54, 1.807) is 0 Å². The Bertz CT molecular complexity index is 1170. The van der Waals surface area contributed by atoms with Gasteiger partial charge < -0.3 is 4.74 Å². The monoisotopic (exact) mass is 448 g/mol. The number of alkyl halides is 2. The van der Waals surface area contributed by atoms with Gasteiger partial charge in [-0.05, 0) is 36.4 Å². The van der Waals surface area contributed by atoms with Crippen molar-refractivity contribution in [3.63, 3.8) is 0 Å². The van der Waals surface area contributed by atoms with Gasteiger partial charge in [0, 0.05) is 11.8 Å². The Balaban J connectivity index is 2.24. The van der Waals surface area contributed by atoms with Crippen molar-refractivity contribution in [2.45, 2.75) is 11.3 Å². The van der Waals surface area contributed by atoms with Crippen LogP contribution in [0.1, 0.15) is 12.1 Å². The molecule has 0 spiro atoms. The Kier molecular flexibility index (Phi) is 5.59. The highest BCUT2D eigenvalue weighted by atomic mass is 35.5. The molecule has 0 bridgehead atoms. The van der Waals surface area contributed by atoms with Crippen LogP contribution in [0.2, 0.25) is 5.02 Å². The van der Waals surface area contributed by atoms with E-state index in [1.807, 2.05) is 0 Å². The lowest BCUT2D eigenvalue weighted by molar-refractivity contribution is 0.145. The Labute approximate surface area is 168 Å². The summed E-state index contributed by atoms with van der Waals surface area (Å²) in [7, 11) is -2.78. The molecule has 0 atom stereocenters. The molecule has 1 heterocycles. The number of rotatable bonds is 5. The fourth-order valence-electron chi connectivity index (χ4n) is 2.76. The zero-order valence-electron chi connectivity index (χ0n) is 15.0. The zero-order chi connectivity index (χ0) is 21.5. The second-order valence-corrected chi connectivity index (χ2v) is 8.39. The molecular formula is C18H13ClF4N2O3S. The molecule has 5 nitrogen and oxygen atoms in total. The van der Waals surface area contributed by atoms with Crippen molar-refractivity contribution in [2.75, 3.05) is 13.4 Å². The van der Waals surface area contributed by atoms with Crippen molar-refractivity contribution in [3.05, 3.63) is 58.7 Å². The van der Waals surface area contributed by atoms with Crippen molar-refractivity contribution < 1.29 is 30.7 Å². The molecule has 0 saturated carbocycles. The van der Waals surface area contributed by atoms with Gasteiger partial charge in [-0.2, -0.15) is 5.10 Å². The maximum atomic E-state index is 14.3. The first kappa shape index (κ1) is 21.1. The normalized spacial score (nSPS) is 11.9. The number of ether oxygens (including phenoxy) is 1. The van der Waals surface area contributed by atoms with Crippen molar-refractivity contribution in [1.29, 1.82) is 0 Å². The average molecular weight is 449 g/mol. The highest BCUT2D eigenvalue weighted by Gasteiger charge is 2.24. The molecule has 0 N–H and O–H groups in total. The number of methoxy groups -OCH3 is 1. The Hall–Kier alpha value is -2.59. The summed E-state index contributed by atoms with van der Waals surface area (Å²) in [6, 6.07) is 6.76. The maximum absolute atomic E-state index is 14.3. The lowest BCUT2D eigenvalue weighted by Crippen LogP contribution is -2.06. The summed E-state index contributed by atoms with van der Waals surface area (Å²) in [5.41, 5.74) is -0.677. The highest BCUT2D eigenvalue weighted by molar-refractivity contribution is 7.90. The van der Waals surface area contributed by atoms with E-state index < -0.39 is 38.5 Å². The quantitative estimate of drug-likeness (QED) is 0.525. The van der Waals surface area contributed by atoms with E-state index in [2.05, 4.69) is 5.10 Å². The Morgan fingerprint density at radius 3 is 2.21 bits per heavy atom. The minimum Gasteiger partial charge on any atom is -0.495 e. The largest absolute Gasteiger partial charge is 0.495 e. The fourth-order valence-corrected chi connectivity index (χ4v) is 3.84. The summed E-state index contributed by atoms with van der Waals surface area (Å²) in [4.78, 5) is -1.10. The molecule has 3 aromatic rings. The minimum absolute atomic E-state index is 0.0839. The SMILES string of the molecule is COc1ccc(-n2nc(C(F)F)cc2-c2cc(F)c(S(C)(=O)=O)c(F)c2)cc1Cl. The van der Waals surface area contributed by atoms with E-state index in [0.717, 1.165) is 22.9 Å². The predicted molar refractivity (Wildman–Crippen MR) is 98.5 cm³/mol. The third-order valence-electron chi connectivity index (χ3n) is 4.00. The first-order chi connectivity index (χ1) is 13.5. The number of sulfone groups is 1. The molecule has 0 saturated heterocycles. The number of nitrogens with zero attached hydrogens (tertiary/aromatic N) is 2. The molecule has 0 fully saturated rings. The average Bonchev–Trinajstić information content (AvgIpc) is 3.05. The van der Waals surface area contributed by atoms with Crippen molar-refractivity contribution in [3.8, 4) is 22.7 Å². The number of hydrogen-bond donors (Lipinski definition) is 0. The third-order valence-corrected chi connectivity index (χ3v) is 5.42. The smallest absolute Gasteiger partial charge is 0.282 e. The van der Waals surface area contributed by atoms with Gasteiger partial charge in [-0.1, -0.05) is 11.6 Å². The topological polar surface area (TPSA) is 61.2 Å². The van der Waals surface area contributed by atoms with Gasteiger partial charge in [0.1, 0.15) is 28.0 Å². The Morgan fingerprint density at radius 1 is 1.10 bits per heavy atom. The van der Waals surface area contributed by atoms with Gasteiger partial charge in [0.25, 0.3) is 6.43 Å². The van der Waals surface area contributed by atoms with Gasteiger partial charge in [0.2, 0.25) is 0 Å². The predicted octanol–water partition coefficient (Wildman–Crippen LogP) is 4.82. The summed E-state index contributed by atoms with van der Waals surface area (Å²) in [5.74, 6) is -2.36. The van der Waals surface area contributed by atoms with E-state index in [-0.39, 0.29) is 22.0 Å². The van der Waals surface area contributed by atoms with Crippen LogP contribution >= 0.6 is 11.6 Å². The van der Waals surface area contributed by atoms with Crippen LogP contribution in [0.4, 0.5) is 17.6 Å². The second-order valence-electron chi connectivity index (χ2n) is 6.03. The summed E-state index contributed by atoms with van der Waals surface area (Å²) in [5, 5.41) is 3.95. The molecule has 29 heavy (non-hydrogen) atoms. The summed E-state index contributed by atoms with van der Waals surface area (Å²) < 4.78 is 84.3. The number of halogens is 5. The molecule has 0 aliphatic heterocycles. The van der Waals surface area contributed by atoms with Crippen LogP contribution in [0.5, 0.6) is 5.75 Å². The van der Waals surface area contributed by atoms with E-state index in [4.69, 9.17) is 16.3 Å². The van der Waals surface area contributed by atoms with Crippen LogP contribution in [-0.4, -0.2) is 31.6 Å². The maximum Gasteiger partial charge on any atom is 0.282 e. The first-order valence-electron chi connectivity index (χ1n) is 7.94. The van der Waals surface area contributed by atoms with E-state index in [0.29, 0.717) is 12.0 Å². The summed E-state index contributed by atoms with van der Waals surface area (Å²) >= 11 is 6.07. The molecule has 0 aliphatic rings. The molecule has 3 rings (SSSR count). The van der Waals surface area contributed by atoms with Gasteiger partial charge in [0.05, 0.1) is 23.5 Å². The fraction of sp³-hybridized carbons (Fsp3) is 0.167. The number of benzene rings is 2. The van der Waals surface area contributed by atoms with E-state index in [1.165, 1.54) is 25.3 Å². The van der Waals surface area contributed by atoms with Gasteiger partial charge in [0.15, 0.2) is 9.84 Å². The third kappa shape index (κ3) is 4.08. The molecule has 2 aromatic carbocycles. The van der Waals surface area contributed by atoms with Crippen LogP contribution in [0.3, 0.4) is 0 Å². The van der Waals surface area contributed by atoms with E-state index in [9.17, 15) is 26.0 Å². The molecule has 0 aliphatic carbocycles. The number of aromatic nitrogens is 2. The van der Waals surface area contributed by atoms with Crippen molar-refractivity contribution in [1.82, 2.24) is 9.78 Å². The van der Waals surface area contributed by atoms with Crippen molar-refractivity contribution in [2.24, 2.45) is 0 Å². The molecular weight excluding hydrogens is 436 g/mol. The van der Waals surface area contributed by atoms with Crippen LogP contribution in [-0.2, 0) is 9.84 Å². The lowest BCUT2D eigenvalue weighted by Gasteiger charge is -2.11. The summed E-state index contributed by atoms with van der Waals surface area (Å²) in [6.45, 7) is 0. The standard InChI is InChI=1S/C18H13ClF4N2O3S/c1-28-16-4-3-10(7-11(16)19)25-15(8-14(24-25)18(22)23)9-5-12(20)17(13(21)6-9)29(2,26)27/h3-8,18H,1-2H3. The molecule has 0 amide bonds. The molecule has 154 valence electrons. The van der Waals surface area contributed by atoms with Crippen LogP contribution < -0.4 is 4.74 Å². The molecule has 1 aromatic heterocycles. The van der Waals surface area contributed by atoms with E-state index >= 15 is 0 Å². The van der Waals surface area contributed by atoms with Crippen LogP contribution in [0.25, 0.3) is 16.9 Å². The van der Waals surface area contributed by atoms with Gasteiger partial charge in [-0.3, -0.25) is 0 Å². The number of hydrogen-bond acceptors (Lipinski definition) is 4. The van der Waals surface area contributed by atoms with Gasteiger partial charge >= 0.3 is 0 Å². The van der Waals surface area contributed by atoms with Gasteiger partial charge in [-0.15, -0.1) is 0 Å². The first-order valence-corrected chi connectivity index (χ1v) is 10.2. The second kappa shape index (κ2) is 7.68. The van der Waals surface area contributed by atoms with Crippen molar-refractivity contribution >= 4 is 21.4 Å². The van der Waals surface area contributed by atoms with Crippen LogP contribution in [0.15, 0.2) is 41.3 Å². The summed E-state index contributed by atoms with van der Waals surface area (Å²) in [6.07, 6.45) is -2.29. The van der Waals surface area contributed by atoms with Crippen LogP contribution in [0, 0.1) is 11.6 Å². The Morgan fingerprint density at radius 2 is 1.72 bits per heavy atom.